The lowest BCUT2D eigenvalue weighted by Gasteiger charge is -2.34. The number of amides is 1. The number of carbonyl (C=O) groups is 1. The van der Waals surface area contributed by atoms with Crippen molar-refractivity contribution in [1.82, 2.24) is 24.8 Å². The van der Waals surface area contributed by atoms with Crippen LogP contribution in [0.5, 0.6) is 0 Å². The Morgan fingerprint density at radius 2 is 1.91 bits per heavy atom. The second-order valence-corrected chi connectivity index (χ2v) is 9.91. The van der Waals surface area contributed by atoms with Gasteiger partial charge in [-0.2, -0.15) is 9.61 Å². The number of nitrogens with one attached hydrogen (secondary N) is 2. The monoisotopic (exact) mass is 480 g/mol. The third-order valence-electron chi connectivity index (χ3n) is 7.58. The number of hydrogen-bond acceptors (Lipinski definition) is 6. The molecule has 3 aromatic rings. The van der Waals surface area contributed by atoms with Gasteiger partial charge in [0.05, 0.1) is 25.1 Å². The van der Waals surface area contributed by atoms with Gasteiger partial charge in [-0.1, -0.05) is 23.7 Å². The Labute approximate surface area is 203 Å². The molecule has 2 aromatic heterocycles. The molecule has 2 N–H and O–H groups in total. The molecule has 0 atom stereocenters. The first-order chi connectivity index (χ1) is 16.6. The molecule has 2 fully saturated rings. The molecule has 8 nitrogen and oxygen atoms in total. The molecule has 0 bridgehead atoms. The number of piperidine rings is 1. The highest BCUT2D eigenvalue weighted by atomic mass is 35.5. The van der Waals surface area contributed by atoms with E-state index in [2.05, 4.69) is 15.7 Å². The highest BCUT2D eigenvalue weighted by Crippen LogP contribution is 2.46. The predicted octanol–water partition coefficient (Wildman–Crippen LogP) is 3.03. The average Bonchev–Trinajstić information content (AvgIpc) is 3.43. The van der Waals surface area contributed by atoms with E-state index in [0.29, 0.717) is 49.1 Å². The second kappa shape index (κ2) is 8.83. The Balaban J connectivity index is 1.25. The van der Waals surface area contributed by atoms with Gasteiger partial charge in [0.1, 0.15) is 10.8 Å². The molecule has 9 heteroatoms. The van der Waals surface area contributed by atoms with E-state index in [1.165, 1.54) is 11.3 Å². The van der Waals surface area contributed by atoms with E-state index in [-0.39, 0.29) is 11.3 Å². The third kappa shape index (κ3) is 3.74. The quantitative estimate of drug-likeness (QED) is 0.597. The van der Waals surface area contributed by atoms with E-state index in [9.17, 15) is 4.79 Å². The maximum atomic E-state index is 12.7. The largest absolute Gasteiger partial charge is 0.378 e. The molecule has 6 rings (SSSR count). The van der Waals surface area contributed by atoms with E-state index in [1.54, 1.807) is 6.20 Å². The number of rotatable bonds is 4. The van der Waals surface area contributed by atoms with Crippen LogP contribution in [0.1, 0.15) is 46.4 Å². The van der Waals surface area contributed by atoms with Crippen LogP contribution >= 0.6 is 11.6 Å². The molecule has 2 aliphatic heterocycles. The standard InChI is InChI=1S/C25H29ClN6O2/c26-20-16-29-32-22(19-5-6-25(7-9-27-10-8-25)21(19)30-23(20)32)28-15-17-1-3-18(4-2-17)24(33)31-11-13-34-14-12-31/h1-4,16,27-28H,5-15H2. The lowest BCUT2D eigenvalue weighted by Crippen LogP contribution is -2.40. The van der Waals surface area contributed by atoms with Crippen LogP contribution in [-0.2, 0) is 23.1 Å². The zero-order valence-electron chi connectivity index (χ0n) is 19.1. The Morgan fingerprint density at radius 1 is 1.15 bits per heavy atom. The van der Waals surface area contributed by atoms with Gasteiger partial charge in [0.15, 0.2) is 5.65 Å². The molecular weight excluding hydrogens is 452 g/mol. The van der Waals surface area contributed by atoms with Crippen LogP contribution in [0.2, 0.25) is 5.02 Å². The van der Waals surface area contributed by atoms with Gasteiger partial charge in [-0.15, -0.1) is 0 Å². The zero-order valence-corrected chi connectivity index (χ0v) is 19.9. The molecule has 0 saturated carbocycles. The Hall–Kier alpha value is -2.68. The number of halogens is 1. The van der Waals surface area contributed by atoms with E-state index >= 15 is 0 Å². The van der Waals surface area contributed by atoms with Crippen LogP contribution in [0, 0.1) is 0 Å². The van der Waals surface area contributed by atoms with Crippen molar-refractivity contribution in [2.45, 2.75) is 37.6 Å². The molecule has 1 amide bonds. The Morgan fingerprint density at radius 3 is 2.68 bits per heavy atom. The van der Waals surface area contributed by atoms with E-state index in [4.69, 9.17) is 21.3 Å². The molecule has 34 heavy (non-hydrogen) atoms. The van der Waals surface area contributed by atoms with Gasteiger partial charge in [0, 0.05) is 36.2 Å². The average molecular weight is 481 g/mol. The fourth-order valence-corrected chi connectivity index (χ4v) is 5.80. The molecule has 2 saturated heterocycles. The van der Waals surface area contributed by atoms with Crippen molar-refractivity contribution in [1.29, 1.82) is 0 Å². The van der Waals surface area contributed by atoms with Crippen molar-refractivity contribution in [3.8, 4) is 0 Å². The smallest absolute Gasteiger partial charge is 0.254 e. The number of aromatic nitrogens is 3. The highest BCUT2D eigenvalue weighted by Gasteiger charge is 2.43. The SMILES string of the molecule is O=C(c1ccc(CNc2c3c(nc4c(Cl)cnn24)C2(CCNCC2)CC3)cc1)N1CCOCC1. The first-order valence-electron chi connectivity index (χ1n) is 12.1. The van der Waals surface area contributed by atoms with Crippen LogP contribution in [0.15, 0.2) is 30.5 Å². The van der Waals surface area contributed by atoms with Gasteiger partial charge in [-0.3, -0.25) is 4.79 Å². The minimum absolute atomic E-state index is 0.0647. The summed E-state index contributed by atoms with van der Waals surface area (Å²) in [6.45, 7) is 5.19. The maximum Gasteiger partial charge on any atom is 0.254 e. The molecule has 1 spiro atoms. The van der Waals surface area contributed by atoms with Crippen molar-refractivity contribution < 1.29 is 9.53 Å². The molecule has 3 aliphatic rings. The Kier molecular flexibility index (Phi) is 5.67. The van der Waals surface area contributed by atoms with Crippen molar-refractivity contribution in [2.75, 3.05) is 44.7 Å². The fraction of sp³-hybridized carbons (Fsp3) is 0.480. The third-order valence-corrected chi connectivity index (χ3v) is 7.84. The number of hydrogen-bond donors (Lipinski definition) is 2. The summed E-state index contributed by atoms with van der Waals surface area (Å²) < 4.78 is 7.20. The minimum atomic E-state index is 0.0647. The minimum Gasteiger partial charge on any atom is -0.378 e. The maximum absolute atomic E-state index is 12.7. The number of nitrogens with zero attached hydrogens (tertiary/aromatic N) is 4. The topological polar surface area (TPSA) is 83.8 Å². The molecular formula is C25H29ClN6O2. The first kappa shape index (κ1) is 21.8. The summed E-state index contributed by atoms with van der Waals surface area (Å²) in [5.41, 5.74) is 5.11. The lowest BCUT2D eigenvalue weighted by atomic mass is 9.77. The predicted molar refractivity (Wildman–Crippen MR) is 131 cm³/mol. The molecule has 0 unspecified atom stereocenters. The number of fused-ring (bicyclic) bond motifs is 3. The summed E-state index contributed by atoms with van der Waals surface area (Å²) in [6.07, 6.45) is 5.99. The first-order valence-corrected chi connectivity index (χ1v) is 12.5. The highest BCUT2D eigenvalue weighted by molar-refractivity contribution is 6.33. The van der Waals surface area contributed by atoms with Crippen LogP contribution in [0.25, 0.3) is 5.65 Å². The summed E-state index contributed by atoms with van der Waals surface area (Å²) in [6, 6.07) is 7.86. The van der Waals surface area contributed by atoms with Crippen molar-refractivity contribution in [2.24, 2.45) is 0 Å². The van der Waals surface area contributed by atoms with Gasteiger partial charge in [0.2, 0.25) is 0 Å². The molecule has 1 aliphatic carbocycles. The summed E-state index contributed by atoms with van der Waals surface area (Å²) >= 11 is 6.47. The van der Waals surface area contributed by atoms with Gasteiger partial charge in [-0.25, -0.2) is 4.98 Å². The van der Waals surface area contributed by atoms with Crippen LogP contribution in [0.4, 0.5) is 5.82 Å². The van der Waals surface area contributed by atoms with Crippen molar-refractivity contribution in [3.63, 3.8) is 0 Å². The summed E-state index contributed by atoms with van der Waals surface area (Å²) in [5.74, 6) is 1.05. The lowest BCUT2D eigenvalue weighted by molar-refractivity contribution is 0.0303. The van der Waals surface area contributed by atoms with Crippen LogP contribution in [0.3, 0.4) is 0 Å². The van der Waals surface area contributed by atoms with E-state index < -0.39 is 0 Å². The molecule has 178 valence electrons. The normalized spacial score (nSPS) is 19.5. The fourth-order valence-electron chi connectivity index (χ4n) is 5.63. The van der Waals surface area contributed by atoms with Gasteiger partial charge >= 0.3 is 0 Å². The van der Waals surface area contributed by atoms with Crippen molar-refractivity contribution in [3.05, 3.63) is 57.9 Å². The number of carbonyl (C=O) groups excluding carboxylic acids is 1. The van der Waals surface area contributed by atoms with Gasteiger partial charge in [0.25, 0.3) is 5.91 Å². The number of anilines is 1. The van der Waals surface area contributed by atoms with Crippen molar-refractivity contribution >= 4 is 29.0 Å². The molecule has 1 aromatic carbocycles. The van der Waals surface area contributed by atoms with Crippen LogP contribution in [-0.4, -0.2) is 64.8 Å². The summed E-state index contributed by atoms with van der Waals surface area (Å²) in [4.78, 5) is 19.6. The second-order valence-electron chi connectivity index (χ2n) is 9.50. The van der Waals surface area contributed by atoms with Gasteiger partial charge in [-0.05, 0) is 56.5 Å². The molecule has 4 heterocycles. The number of ether oxygens (including phenoxy) is 1. The van der Waals surface area contributed by atoms with E-state index in [1.807, 2.05) is 33.7 Å². The molecule has 0 radical (unpaired) electrons. The number of benzene rings is 1. The number of morpholine rings is 1. The van der Waals surface area contributed by atoms with E-state index in [0.717, 1.165) is 50.2 Å². The summed E-state index contributed by atoms with van der Waals surface area (Å²) in [7, 11) is 0. The van der Waals surface area contributed by atoms with Crippen LogP contribution < -0.4 is 10.6 Å². The Bertz CT molecular complexity index is 1210. The zero-order chi connectivity index (χ0) is 23.1. The van der Waals surface area contributed by atoms with Gasteiger partial charge < -0.3 is 20.3 Å². The summed E-state index contributed by atoms with van der Waals surface area (Å²) in [5, 5.41) is 12.2.